The van der Waals surface area contributed by atoms with E-state index in [-0.39, 0.29) is 39.4 Å². The second-order valence-corrected chi connectivity index (χ2v) is 2.12. The monoisotopic (exact) mass is 386 g/mol. The first-order valence-electron chi connectivity index (χ1n) is 2.73. The Morgan fingerprint density at radius 2 is 0.737 bits per heavy atom. The molecule has 0 aliphatic rings. The van der Waals surface area contributed by atoms with Gasteiger partial charge in [0.2, 0.25) is 0 Å². The Morgan fingerprint density at radius 3 is 0.737 bits per heavy atom. The van der Waals surface area contributed by atoms with Crippen molar-refractivity contribution in [3.63, 3.8) is 0 Å². The number of rotatable bonds is 1. The molecule has 0 rings (SSSR count). The molecule has 1 atom stereocenters. The van der Waals surface area contributed by atoms with Gasteiger partial charge in [0.15, 0.2) is 0 Å². The van der Waals surface area contributed by atoms with E-state index < -0.39 is 0 Å². The van der Waals surface area contributed by atoms with Gasteiger partial charge in [-0.25, -0.2) is 0 Å². The summed E-state index contributed by atoms with van der Waals surface area (Å²) in [5.41, 5.74) is 0. The van der Waals surface area contributed by atoms with Crippen molar-refractivity contribution in [2.75, 3.05) is 5.75 Å². The summed E-state index contributed by atoms with van der Waals surface area (Å²) >= 11 is 9.25. The molecule has 0 heterocycles. The Balaban J connectivity index is -0.00000000912. The van der Waals surface area contributed by atoms with Crippen LogP contribution in [0.4, 0.5) is 0 Å². The van der Waals surface area contributed by atoms with Crippen LogP contribution in [0.5, 0.6) is 0 Å². The van der Waals surface area contributed by atoms with Crippen molar-refractivity contribution in [1.29, 1.82) is 0 Å². The van der Waals surface area contributed by atoms with Gasteiger partial charge in [-0.2, -0.15) is 11.0 Å². The summed E-state index contributed by atoms with van der Waals surface area (Å²) in [7, 11) is 0. The molecule has 0 radical (unpaired) electrons. The third-order valence-electron chi connectivity index (χ3n) is 0.235. The fraction of sp³-hybridized carbons (Fsp3) is 0.333. The Hall–Kier alpha value is 0.179. The van der Waals surface area contributed by atoms with Crippen LogP contribution < -0.4 is 0 Å². The predicted molar refractivity (Wildman–Crippen MR) is 52.6 cm³/mol. The van der Waals surface area contributed by atoms with Crippen LogP contribution in [0.2, 0.25) is 0 Å². The van der Waals surface area contributed by atoms with Crippen LogP contribution in [0.15, 0.2) is 0 Å². The van der Waals surface area contributed by atoms with Crippen LogP contribution in [-0.2, 0) is 87.3 Å². The molecule has 0 N–H and O–H groups in total. The molecule has 19 heavy (non-hydrogen) atoms. The molecule has 10 heteroatoms. The summed E-state index contributed by atoms with van der Waals surface area (Å²) < 4.78 is 45.0. The summed E-state index contributed by atoms with van der Waals surface area (Å²) in [4.78, 5) is 0. The zero-order valence-electron chi connectivity index (χ0n) is 9.26. The van der Waals surface area contributed by atoms with Crippen molar-refractivity contribution in [1.82, 2.24) is 0 Å². The quantitative estimate of drug-likeness (QED) is 0.278. The van der Waals surface area contributed by atoms with Gasteiger partial charge in [-0.05, 0) is 0 Å². The fourth-order valence-corrected chi connectivity index (χ4v) is 0. The first kappa shape index (κ1) is 61.2. The molecule has 0 saturated heterocycles. The van der Waals surface area contributed by atoms with Gasteiger partial charge in [-0.15, -0.1) is 0 Å². The third-order valence-corrected chi connectivity index (χ3v) is 1.11. The van der Waals surface area contributed by atoms with E-state index in [9.17, 15) is 0 Å². The molecule has 0 amide bonds. The van der Waals surface area contributed by atoms with Gasteiger partial charge in [0.25, 0.3) is 0 Å². The largest absolute Gasteiger partial charge is 0 e. The Bertz CT molecular complexity index is 152. The van der Waals surface area contributed by atoms with Gasteiger partial charge < -0.3 is 25.3 Å². The van der Waals surface area contributed by atoms with Crippen LogP contribution in [0.3, 0.4) is 0 Å². The Labute approximate surface area is 144 Å². The summed E-state index contributed by atoms with van der Waals surface area (Å²) in [5, 5.41) is 0.282. The average molecular weight is 386 g/mol. The van der Waals surface area contributed by atoms with Gasteiger partial charge >= 0.3 is 67.8 Å². The maximum Gasteiger partial charge on any atom is 0 e. The van der Waals surface area contributed by atoms with Crippen LogP contribution in [0.1, 0.15) is 6.92 Å². The van der Waals surface area contributed by atoms with Crippen LogP contribution in [0, 0.1) is 39.9 Å². The molecule has 108 valence electrons. The molecular weight excluding hydrogens is 380 g/mol. The molecule has 1 unspecified atom stereocenters. The minimum Gasteiger partial charge on any atom is 0 e. The maximum atomic E-state index is 7.50. The normalized spacial score (nSPS) is 4.58. The van der Waals surface area contributed by atoms with Crippen molar-refractivity contribution < 1.29 is 62.1 Å². The molecule has 0 aliphatic carbocycles. The van der Waals surface area contributed by atoms with Crippen LogP contribution >= 0.6 is 0 Å². The van der Waals surface area contributed by atoms with E-state index >= 15 is 0 Å². The van der Waals surface area contributed by atoms with E-state index in [4.69, 9.17) is 27.9 Å². The second kappa shape index (κ2) is 307. The van der Waals surface area contributed by atoms with E-state index in [0.29, 0.717) is 5.75 Å². The van der Waals surface area contributed by atoms with E-state index in [1.807, 2.05) is 6.92 Å². The molecule has 0 aromatic carbocycles. The Morgan fingerprint density at radius 1 is 0.684 bits per heavy atom. The molecule has 0 aliphatic heterocycles. The minimum atomic E-state index is 0. The van der Waals surface area contributed by atoms with Crippen molar-refractivity contribution in [2.24, 2.45) is 0 Å². The zero-order valence-corrected chi connectivity index (χ0v) is 13.1. The summed E-state index contributed by atoms with van der Waals surface area (Å²) in [6, 6.07) is 0. The van der Waals surface area contributed by atoms with Crippen molar-refractivity contribution in [2.45, 2.75) is 12.2 Å². The molecule has 0 aromatic heterocycles. The van der Waals surface area contributed by atoms with Gasteiger partial charge in [0.1, 0.15) is 0 Å². The van der Waals surface area contributed by atoms with Gasteiger partial charge in [0, 0.05) is 34.1 Å². The van der Waals surface area contributed by atoms with Crippen molar-refractivity contribution in [3.05, 3.63) is 39.9 Å². The molecule has 0 aromatic rings. The van der Waals surface area contributed by atoms with Crippen molar-refractivity contribution in [3.8, 4) is 0 Å². The molecular formula is C9H6Fe2O6S2-2. The fourth-order valence-electron chi connectivity index (χ4n) is 0. The summed E-state index contributed by atoms with van der Waals surface area (Å²) in [5.74, 6) is 0.704. The topological polar surface area (TPSA) is 119 Å². The number of hydrogen-bond acceptors (Lipinski definition) is 2. The minimum absolute atomic E-state index is 0. The van der Waals surface area contributed by atoms with Crippen LogP contribution in [-0.4, -0.2) is 11.0 Å². The first-order chi connectivity index (χ1) is 8.27. The first-order valence-corrected chi connectivity index (χ1v) is 3.78. The van der Waals surface area contributed by atoms with Gasteiger partial charge in [-0.3, -0.25) is 0 Å². The number of hydrogen-bond donors (Lipinski definition) is 0. The van der Waals surface area contributed by atoms with E-state index in [1.54, 1.807) is 0 Å². The molecule has 0 spiro atoms. The summed E-state index contributed by atoms with van der Waals surface area (Å²) in [6.45, 7) is 28.9. The van der Waals surface area contributed by atoms with Crippen molar-refractivity contribution >= 4 is 25.3 Å². The predicted octanol–water partition coefficient (Wildman–Crippen LogP) is 0.239. The summed E-state index contributed by atoms with van der Waals surface area (Å²) in [6.07, 6.45) is 0. The molecule has 0 saturated carbocycles. The zero-order chi connectivity index (χ0) is 16.3. The smallest absolute Gasteiger partial charge is 0 e. The van der Waals surface area contributed by atoms with E-state index in [0.717, 1.165) is 0 Å². The van der Waals surface area contributed by atoms with Gasteiger partial charge in [-0.1, -0.05) is 6.92 Å². The van der Waals surface area contributed by atoms with E-state index in [1.165, 1.54) is 0 Å². The maximum absolute atomic E-state index is 7.50. The second-order valence-electron chi connectivity index (χ2n) is 0.977. The molecule has 0 bridgehead atoms. The average Bonchev–Trinajstić information content (AvgIpc) is 2.51. The SMILES string of the molecule is CC([S-])C[S-].[C-]#[O+].[C-]#[O+].[C-]#[O+].[C-]#[O+].[C-]#[O+].[C-]#[O+].[Fe].[Fe]. The standard InChI is InChI=1S/C3H8S2.6CO.2Fe/c1-3(5)2-4;6*1-2;;/h3-5H,2H2,1H3;;;;;;;;/p-2. The van der Waals surface area contributed by atoms with E-state index in [2.05, 4.69) is 65.2 Å². The molecule has 0 fully saturated rings. The third kappa shape index (κ3) is 1000. The van der Waals surface area contributed by atoms with Crippen LogP contribution in [0.25, 0.3) is 0 Å². The molecule has 6 nitrogen and oxygen atoms in total. The van der Waals surface area contributed by atoms with Gasteiger partial charge in [0.05, 0.1) is 0 Å². The Kier molecular flexibility index (Phi) is 989.